The molecular weight excluding hydrogens is 176 g/mol. The third-order valence-electron chi connectivity index (χ3n) is 2.14. The lowest BCUT2D eigenvalue weighted by molar-refractivity contribution is -0.144. The lowest BCUT2D eigenvalue weighted by Gasteiger charge is -2.16. The van der Waals surface area contributed by atoms with Crippen LogP contribution in [-0.2, 0) is 9.47 Å². The zero-order chi connectivity index (χ0) is 10.6. The Kier molecular flexibility index (Phi) is 10.9. The third-order valence-corrected chi connectivity index (χ3v) is 2.14. The Bertz CT molecular complexity index is 104. The zero-order valence-corrected chi connectivity index (χ0v) is 10.1. The van der Waals surface area contributed by atoms with E-state index in [9.17, 15) is 0 Å². The maximum Gasteiger partial charge on any atom is 0.157 e. The van der Waals surface area contributed by atoms with E-state index in [2.05, 4.69) is 20.8 Å². The van der Waals surface area contributed by atoms with Gasteiger partial charge in [-0.25, -0.2) is 0 Å². The lowest BCUT2D eigenvalue weighted by atomic mass is 10.2. The Hall–Kier alpha value is -0.0800. The quantitative estimate of drug-likeness (QED) is 0.397. The summed E-state index contributed by atoms with van der Waals surface area (Å²) in [6.07, 6.45) is 7.08. The van der Waals surface area contributed by atoms with Gasteiger partial charge in [-0.15, -0.1) is 0 Å². The highest BCUT2D eigenvalue weighted by atomic mass is 16.7. The van der Waals surface area contributed by atoms with Crippen molar-refractivity contribution in [3.8, 4) is 0 Å². The summed E-state index contributed by atoms with van der Waals surface area (Å²) in [5.41, 5.74) is 0. The van der Waals surface area contributed by atoms with Crippen LogP contribution < -0.4 is 0 Å². The van der Waals surface area contributed by atoms with Crippen LogP contribution in [0.3, 0.4) is 0 Å². The maximum atomic E-state index is 5.62. The number of rotatable bonds is 10. The molecule has 1 atom stereocenters. The van der Waals surface area contributed by atoms with E-state index in [1.165, 1.54) is 25.7 Å². The standard InChI is InChI=1S/C12H26O2/c1-4-7-8-9-11-14-12(6-3)13-10-5-2/h12H,4-11H2,1-3H3. The molecule has 86 valence electrons. The van der Waals surface area contributed by atoms with Crippen LogP contribution in [0.2, 0.25) is 0 Å². The van der Waals surface area contributed by atoms with Gasteiger partial charge in [-0.2, -0.15) is 0 Å². The highest BCUT2D eigenvalue weighted by Crippen LogP contribution is 2.04. The third kappa shape index (κ3) is 8.52. The molecule has 14 heavy (non-hydrogen) atoms. The summed E-state index contributed by atoms with van der Waals surface area (Å²) in [6, 6.07) is 0. The van der Waals surface area contributed by atoms with Gasteiger partial charge in [-0.05, 0) is 19.3 Å². The van der Waals surface area contributed by atoms with Crippen molar-refractivity contribution in [2.45, 2.75) is 65.6 Å². The Morgan fingerprint density at radius 2 is 1.50 bits per heavy atom. The molecule has 0 heterocycles. The Balaban J connectivity index is 3.24. The first-order chi connectivity index (χ1) is 6.85. The van der Waals surface area contributed by atoms with E-state index in [0.29, 0.717) is 0 Å². The predicted octanol–water partition coefficient (Wildman–Crippen LogP) is 3.75. The van der Waals surface area contributed by atoms with Crippen LogP contribution >= 0.6 is 0 Å². The summed E-state index contributed by atoms with van der Waals surface area (Å²) in [7, 11) is 0. The number of ether oxygens (including phenoxy) is 2. The van der Waals surface area contributed by atoms with Gasteiger partial charge in [-0.1, -0.05) is 40.0 Å². The molecule has 0 saturated carbocycles. The van der Waals surface area contributed by atoms with Gasteiger partial charge in [0.2, 0.25) is 0 Å². The molecule has 0 aromatic carbocycles. The van der Waals surface area contributed by atoms with E-state index in [-0.39, 0.29) is 6.29 Å². The van der Waals surface area contributed by atoms with Crippen molar-refractivity contribution in [3.63, 3.8) is 0 Å². The summed E-state index contributed by atoms with van der Waals surface area (Å²) < 4.78 is 11.1. The molecule has 0 aliphatic heterocycles. The van der Waals surface area contributed by atoms with Crippen molar-refractivity contribution < 1.29 is 9.47 Å². The largest absolute Gasteiger partial charge is 0.353 e. The molecule has 0 saturated heterocycles. The van der Waals surface area contributed by atoms with Crippen LogP contribution in [0.25, 0.3) is 0 Å². The molecule has 0 N–H and O–H groups in total. The van der Waals surface area contributed by atoms with Crippen LogP contribution in [0.4, 0.5) is 0 Å². The topological polar surface area (TPSA) is 18.5 Å². The zero-order valence-electron chi connectivity index (χ0n) is 10.1. The van der Waals surface area contributed by atoms with Gasteiger partial charge in [0.05, 0.1) is 0 Å². The summed E-state index contributed by atoms with van der Waals surface area (Å²) in [5, 5.41) is 0. The van der Waals surface area contributed by atoms with Gasteiger partial charge in [0.15, 0.2) is 6.29 Å². The van der Waals surface area contributed by atoms with Gasteiger partial charge < -0.3 is 9.47 Å². The van der Waals surface area contributed by atoms with E-state index in [0.717, 1.165) is 26.1 Å². The Labute approximate surface area is 89.0 Å². The average molecular weight is 202 g/mol. The second-order valence-corrected chi connectivity index (χ2v) is 3.64. The van der Waals surface area contributed by atoms with Crippen molar-refractivity contribution in [2.75, 3.05) is 13.2 Å². The molecule has 0 bridgehead atoms. The molecule has 0 rings (SSSR count). The number of hydrogen-bond donors (Lipinski definition) is 0. The Morgan fingerprint density at radius 3 is 2.07 bits per heavy atom. The summed E-state index contributed by atoms with van der Waals surface area (Å²) in [4.78, 5) is 0. The van der Waals surface area contributed by atoms with Crippen molar-refractivity contribution in [2.24, 2.45) is 0 Å². The fraction of sp³-hybridized carbons (Fsp3) is 1.00. The van der Waals surface area contributed by atoms with Gasteiger partial charge in [0.25, 0.3) is 0 Å². The fourth-order valence-corrected chi connectivity index (χ4v) is 1.28. The van der Waals surface area contributed by atoms with Crippen molar-refractivity contribution in [1.82, 2.24) is 0 Å². The maximum absolute atomic E-state index is 5.62. The lowest BCUT2D eigenvalue weighted by Crippen LogP contribution is -2.17. The monoisotopic (exact) mass is 202 g/mol. The minimum absolute atomic E-state index is 0.0246. The molecule has 0 aliphatic carbocycles. The minimum atomic E-state index is 0.0246. The molecule has 0 aromatic heterocycles. The van der Waals surface area contributed by atoms with Gasteiger partial charge >= 0.3 is 0 Å². The molecular formula is C12H26O2. The number of unbranched alkanes of at least 4 members (excludes halogenated alkanes) is 3. The first-order valence-corrected chi connectivity index (χ1v) is 6.08. The van der Waals surface area contributed by atoms with Crippen molar-refractivity contribution >= 4 is 0 Å². The second kappa shape index (κ2) is 11.0. The molecule has 2 nitrogen and oxygen atoms in total. The normalized spacial score (nSPS) is 13.1. The first-order valence-electron chi connectivity index (χ1n) is 6.08. The number of hydrogen-bond acceptors (Lipinski definition) is 2. The molecule has 0 aliphatic rings. The molecule has 0 spiro atoms. The molecule has 0 amide bonds. The van der Waals surface area contributed by atoms with Crippen LogP contribution in [0.5, 0.6) is 0 Å². The van der Waals surface area contributed by atoms with E-state index in [1.807, 2.05) is 0 Å². The second-order valence-electron chi connectivity index (χ2n) is 3.64. The molecule has 0 aromatic rings. The predicted molar refractivity (Wildman–Crippen MR) is 60.4 cm³/mol. The highest BCUT2D eigenvalue weighted by molar-refractivity contribution is 4.43. The van der Waals surface area contributed by atoms with E-state index < -0.39 is 0 Å². The average Bonchev–Trinajstić information content (AvgIpc) is 2.22. The minimum Gasteiger partial charge on any atom is -0.353 e. The van der Waals surface area contributed by atoms with E-state index in [1.54, 1.807) is 0 Å². The van der Waals surface area contributed by atoms with E-state index in [4.69, 9.17) is 9.47 Å². The van der Waals surface area contributed by atoms with Crippen LogP contribution in [0.1, 0.15) is 59.3 Å². The van der Waals surface area contributed by atoms with Gasteiger partial charge in [-0.3, -0.25) is 0 Å². The van der Waals surface area contributed by atoms with E-state index >= 15 is 0 Å². The SMILES string of the molecule is CCCCCCOC(CC)OCCC. The van der Waals surface area contributed by atoms with Gasteiger partial charge in [0, 0.05) is 13.2 Å². The van der Waals surface area contributed by atoms with Crippen LogP contribution in [0, 0.1) is 0 Å². The summed E-state index contributed by atoms with van der Waals surface area (Å²) >= 11 is 0. The smallest absolute Gasteiger partial charge is 0.157 e. The van der Waals surface area contributed by atoms with Crippen LogP contribution in [-0.4, -0.2) is 19.5 Å². The van der Waals surface area contributed by atoms with Crippen molar-refractivity contribution in [3.05, 3.63) is 0 Å². The molecule has 2 heteroatoms. The van der Waals surface area contributed by atoms with Gasteiger partial charge in [0.1, 0.15) is 0 Å². The molecule has 1 unspecified atom stereocenters. The molecule has 0 radical (unpaired) electrons. The summed E-state index contributed by atoms with van der Waals surface area (Å²) in [6.45, 7) is 8.11. The summed E-state index contributed by atoms with van der Waals surface area (Å²) in [5.74, 6) is 0. The Morgan fingerprint density at radius 1 is 0.786 bits per heavy atom. The van der Waals surface area contributed by atoms with Crippen molar-refractivity contribution in [1.29, 1.82) is 0 Å². The highest BCUT2D eigenvalue weighted by Gasteiger charge is 2.04. The van der Waals surface area contributed by atoms with Crippen LogP contribution in [0.15, 0.2) is 0 Å². The molecule has 0 fully saturated rings. The fourth-order valence-electron chi connectivity index (χ4n) is 1.28. The first kappa shape index (κ1) is 13.9.